The van der Waals surface area contributed by atoms with Crippen LogP contribution in [-0.2, 0) is 10.9 Å². The molecule has 0 saturated carbocycles. The SMILES string of the molecule is CNC(=O)OC(C)(C)C.FC(F)(F)c1ccc(-c2ccc3c(c2)C(N2CCCC2)=NCCO3)cc1. The Morgan fingerprint density at radius 2 is 1.66 bits per heavy atom. The molecule has 2 aromatic carbocycles. The van der Waals surface area contributed by atoms with Gasteiger partial charge in [0.05, 0.1) is 17.7 Å². The number of amidine groups is 1. The van der Waals surface area contributed by atoms with Gasteiger partial charge in [0.2, 0.25) is 0 Å². The molecule has 2 aliphatic rings. The Labute approximate surface area is 204 Å². The molecular weight excluding hydrogens is 459 g/mol. The first-order chi connectivity index (χ1) is 16.5. The number of nitrogens with zero attached hydrogens (tertiary/aromatic N) is 2. The van der Waals surface area contributed by atoms with Gasteiger partial charge in [0, 0.05) is 20.1 Å². The van der Waals surface area contributed by atoms with Crippen molar-refractivity contribution in [2.45, 2.75) is 45.4 Å². The number of carbonyl (C=O) groups excluding carboxylic acids is 1. The summed E-state index contributed by atoms with van der Waals surface area (Å²) < 4.78 is 49.0. The van der Waals surface area contributed by atoms with Gasteiger partial charge in [-0.3, -0.25) is 4.99 Å². The summed E-state index contributed by atoms with van der Waals surface area (Å²) in [6, 6.07) is 11.0. The molecule has 0 bridgehead atoms. The number of nitrogens with one attached hydrogen (secondary N) is 1. The van der Waals surface area contributed by atoms with Crippen LogP contribution in [-0.4, -0.2) is 55.7 Å². The number of hydrogen-bond acceptors (Lipinski definition) is 5. The number of likely N-dealkylation sites (tertiary alicyclic amines) is 1. The monoisotopic (exact) mass is 491 g/mol. The Morgan fingerprint density at radius 3 is 2.20 bits per heavy atom. The maximum Gasteiger partial charge on any atom is 0.416 e. The van der Waals surface area contributed by atoms with Gasteiger partial charge in [-0.15, -0.1) is 0 Å². The fourth-order valence-corrected chi connectivity index (χ4v) is 3.78. The van der Waals surface area contributed by atoms with Gasteiger partial charge in [-0.05, 0) is 69.0 Å². The van der Waals surface area contributed by atoms with Crippen LogP contribution in [0.3, 0.4) is 0 Å². The number of amides is 1. The third-order valence-electron chi connectivity index (χ3n) is 5.39. The predicted molar refractivity (Wildman–Crippen MR) is 130 cm³/mol. The molecule has 4 rings (SSSR count). The Morgan fingerprint density at radius 1 is 1.03 bits per heavy atom. The van der Waals surface area contributed by atoms with Crippen molar-refractivity contribution < 1.29 is 27.4 Å². The molecular formula is C26H32F3N3O3. The molecule has 0 spiro atoms. The smallest absolute Gasteiger partial charge is 0.416 e. The summed E-state index contributed by atoms with van der Waals surface area (Å²) in [6.07, 6.45) is -2.42. The standard InChI is InChI=1S/C20H19F3N2O.C6H13NO2/c21-20(22,23)16-6-3-14(4-7-16)15-5-8-18-17(13-15)19(24-9-12-26-18)25-10-1-2-11-25;1-6(2,3)9-5(8)7-4/h3-8,13H,1-2,9-12H2;1-4H3,(H,7,8). The molecule has 9 heteroatoms. The summed E-state index contributed by atoms with van der Waals surface area (Å²) in [4.78, 5) is 17.5. The number of hydrogen-bond donors (Lipinski definition) is 1. The Balaban J connectivity index is 0.000000327. The van der Waals surface area contributed by atoms with Crippen molar-refractivity contribution in [2.24, 2.45) is 4.99 Å². The van der Waals surface area contributed by atoms with E-state index in [9.17, 15) is 18.0 Å². The molecule has 190 valence electrons. The third-order valence-corrected chi connectivity index (χ3v) is 5.39. The van der Waals surface area contributed by atoms with Crippen LogP contribution in [0.25, 0.3) is 11.1 Å². The van der Waals surface area contributed by atoms with Crippen LogP contribution in [0.5, 0.6) is 5.75 Å². The Kier molecular flexibility index (Phi) is 8.30. The van der Waals surface area contributed by atoms with Crippen molar-refractivity contribution in [1.82, 2.24) is 10.2 Å². The van der Waals surface area contributed by atoms with Crippen LogP contribution in [0.1, 0.15) is 44.7 Å². The van der Waals surface area contributed by atoms with Gasteiger partial charge in [0.15, 0.2) is 0 Å². The van der Waals surface area contributed by atoms with Crippen LogP contribution < -0.4 is 10.1 Å². The van der Waals surface area contributed by atoms with Gasteiger partial charge in [-0.25, -0.2) is 4.79 Å². The lowest BCUT2D eigenvalue weighted by atomic mass is 10.00. The van der Waals surface area contributed by atoms with Crippen LogP contribution in [0.4, 0.5) is 18.0 Å². The molecule has 0 atom stereocenters. The van der Waals surface area contributed by atoms with Crippen molar-refractivity contribution in [3.05, 3.63) is 53.6 Å². The highest BCUT2D eigenvalue weighted by molar-refractivity contribution is 6.02. The van der Waals surface area contributed by atoms with E-state index < -0.39 is 11.7 Å². The number of carbonyl (C=O) groups is 1. The molecule has 0 radical (unpaired) electrons. The number of alkyl halides is 3. The number of alkyl carbamates (subject to hydrolysis) is 1. The molecule has 0 aliphatic carbocycles. The van der Waals surface area contributed by atoms with E-state index in [1.807, 2.05) is 39.0 Å². The van der Waals surface area contributed by atoms with Crippen LogP contribution in [0.15, 0.2) is 47.5 Å². The first kappa shape index (κ1) is 26.4. The van der Waals surface area contributed by atoms with Crippen LogP contribution in [0, 0.1) is 0 Å². The van der Waals surface area contributed by atoms with E-state index in [1.54, 1.807) is 0 Å². The van der Waals surface area contributed by atoms with Gasteiger partial charge in [-0.1, -0.05) is 18.2 Å². The van der Waals surface area contributed by atoms with E-state index in [0.717, 1.165) is 66.3 Å². The first-order valence-corrected chi connectivity index (χ1v) is 11.6. The van der Waals surface area contributed by atoms with E-state index in [-0.39, 0.29) is 11.7 Å². The summed E-state index contributed by atoms with van der Waals surface area (Å²) in [5, 5.41) is 2.36. The minimum Gasteiger partial charge on any atom is -0.491 e. The summed E-state index contributed by atoms with van der Waals surface area (Å²) in [7, 11) is 1.54. The maximum atomic E-state index is 12.8. The second-order valence-corrected chi connectivity index (χ2v) is 9.29. The molecule has 35 heavy (non-hydrogen) atoms. The van der Waals surface area contributed by atoms with Gasteiger partial charge in [-0.2, -0.15) is 13.2 Å². The topological polar surface area (TPSA) is 63.2 Å². The van der Waals surface area contributed by atoms with Crippen molar-refractivity contribution in [3.8, 4) is 16.9 Å². The predicted octanol–water partition coefficient (Wildman–Crippen LogP) is 5.75. The second-order valence-electron chi connectivity index (χ2n) is 9.29. The highest BCUT2D eigenvalue weighted by atomic mass is 19.4. The van der Waals surface area contributed by atoms with Crippen molar-refractivity contribution in [1.29, 1.82) is 0 Å². The quantitative estimate of drug-likeness (QED) is 0.552. The molecule has 2 aromatic rings. The average molecular weight is 492 g/mol. The highest BCUT2D eigenvalue weighted by Crippen LogP contribution is 2.33. The zero-order valence-electron chi connectivity index (χ0n) is 20.5. The molecule has 0 aromatic heterocycles. The fourth-order valence-electron chi connectivity index (χ4n) is 3.78. The first-order valence-electron chi connectivity index (χ1n) is 11.6. The molecule has 2 aliphatic heterocycles. The zero-order valence-corrected chi connectivity index (χ0v) is 20.5. The van der Waals surface area contributed by atoms with Crippen LogP contribution in [0.2, 0.25) is 0 Å². The average Bonchev–Trinajstić information content (AvgIpc) is 3.24. The summed E-state index contributed by atoms with van der Waals surface area (Å²) in [5.74, 6) is 1.72. The second kappa shape index (κ2) is 11.0. The lowest BCUT2D eigenvalue weighted by Crippen LogP contribution is -2.30. The van der Waals surface area contributed by atoms with E-state index in [0.29, 0.717) is 13.2 Å². The molecule has 2 heterocycles. The highest BCUT2D eigenvalue weighted by Gasteiger charge is 2.30. The van der Waals surface area contributed by atoms with Crippen molar-refractivity contribution >= 4 is 11.9 Å². The zero-order chi connectivity index (χ0) is 25.6. The lowest BCUT2D eigenvalue weighted by Gasteiger charge is -2.21. The number of halogens is 3. The number of ether oxygens (including phenoxy) is 2. The van der Waals surface area contributed by atoms with Crippen molar-refractivity contribution in [2.75, 3.05) is 33.3 Å². The van der Waals surface area contributed by atoms with E-state index in [2.05, 4.69) is 10.2 Å². The number of rotatable bonds is 1. The van der Waals surface area contributed by atoms with E-state index in [4.69, 9.17) is 14.5 Å². The number of aliphatic imine (C=N–C) groups is 1. The van der Waals surface area contributed by atoms with Gasteiger partial charge in [0.25, 0.3) is 0 Å². The van der Waals surface area contributed by atoms with E-state index in [1.165, 1.54) is 19.2 Å². The number of fused-ring (bicyclic) bond motifs is 1. The van der Waals surface area contributed by atoms with Gasteiger partial charge in [0.1, 0.15) is 23.8 Å². The molecule has 1 amide bonds. The molecule has 1 fully saturated rings. The normalized spacial score (nSPS) is 15.6. The minimum absolute atomic E-state index is 0.387. The fraction of sp³-hybridized carbons (Fsp3) is 0.462. The molecule has 1 saturated heterocycles. The molecule has 6 nitrogen and oxygen atoms in total. The van der Waals surface area contributed by atoms with Crippen LogP contribution >= 0.6 is 0 Å². The number of benzene rings is 2. The maximum absolute atomic E-state index is 12.8. The summed E-state index contributed by atoms with van der Waals surface area (Å²) in [5.41, 5.74) is 1.49. The summed E-state index contributed by atoms with van der Waals surface area (Å²) in [6.45, 7) is 8.55. The van der Waals surface area contributed by atoms with Crippen molar-refractivity contribution in [3.63, 3.8) is 0 Å². The largest absolute Gasteiger partial charge is 0.491 e. The molecule has 0 unspecified atom stereocenters. The minimum atomic E-state index is -4.32. The van der Waals surface area contributed by atoms with E-state index >= 15 is 0 Å². The Bertz CT molecular complexity index is 1040. The molecule has 1 N–H and O–H groups in total. The third kappa shape index (κ3) is 7.37. The van der Waals surface area contributed by atoms with Gasteiger partial charge >= 0.3 is 12.3 Å². The Hall–Kier alpha value is -3.23. The summed E-state index contributed by atoms with van der Waals surface area (Å²) >= 11 is 0. The van der Waals surface area contributed by atoms with Gasteiger partial charge < -0.3 is 19.7 Å². The lowest BCUT2D eigenvalue weighted by molar-refractivity contribution is -0.137.